The monoisotopic (exact) mass is 164 g/mol. The zero-order valence-corrected chi connectivity index (χ0v) is 7.96. The largest absolute Gasteiger partial charge is 0.308 e. The van der Waals surface area contributed by atoms with Crippen molar-refractivity contribution in [2.75, 3.05) is 0 Å². The molecule has 0 spiro atoms. The Balaban J connectivity index is 2.44. The Kier molecular flexibility index (Phi) is 2.82. The van der Waals surface area contributed by atoms with Crippen molar-refractivity contribution in [1.82, 2.24) is 10.3 Å². The summed E-state index contributed by atoms with van der Waals surface area (Å²) in [6.07, 6.45) is 3.68. The van der Waals surface area contributed by atoms with E-state index in [9.17, 15) is 0 Å². The second-order valence-electron chi connectivity index (χ2n) is 3.96. The zero-order valence-electron chi connectivity index (χ0n) is 7.96. The Hall–Kier alpha value is -0.890. The SMILES string of the molecule is CC(C)(C)NCc1cccnc1. The molecule has 0 saturated carbocycles. The number of pyridine rings is 1. The molecule has 0 amide bonds. The van der Waals surface area contributed by atoms with Gasteiger partial charge in [-0.1, -0.05) is 6.07 Å². The van der Waals surface area contributed by atoms with Crippen LogP contribution in [0.5, 0.6) is 0 Å². The van der Waals surface area contributed by atoms with Gasteiger partial charge in [-0.15, -0.1) is 0 Å². The third-order valence-corrected chi connectivity index (χ3v) is 1.55. The molecular formula is C10H16N2. The summed E-state index contributed by atoms with van der Waals surface area (Å²) in [6, 6.07) is 4.03. The predicted molar refractivity (Wildman–Crippen MR) is 50.8 cm³/mol. The maximum atomic E-state index is 4.05. The molecule has 1 aromatic rings. The third-order valence-electron chi connectivity index (χ3n) is 1.55. The van der Waals surface area contributed by atoms with Crippen LogP contribution in [0.3, 0.4) is 0 Å². The summed E-state index contributed by atoms with van der Waals surface area (Å²) >= 11 is 0. The molecular weight excluding hydrogens is 148 g/mol. The number of rotatable bonds is 2. The fraction of sp³-hybridized carbons (Fsp3) is 0.500. The number of hydrogen-bond acceptors (Lipinski definition) is 2. The standard InChI is InChI=1S/C10H16N2/c1-10(2,3)12-8-9-5-4-6-11-7-9/h4-7,12H,8H2,1-3H3. The molecule has 12 heavy (non-hydrogen) atoms. The average molecular weight is 164 g/mol. The minimum Gasteiger partial charge on any atom is -0.308 e. The highest BCUT2D eigenvalue weighted by Gasteiger charge is 2.07. The summed E-state index contributed by atoms with van der Waals surface area (Å²) in [6.45, 7) is 7.35. The first-order valence-corrected chi connectivity index (χ1v) is 4.22. The van der Waals surface area contributed by atoms with E-state index in [1.807, 2.05) is 12.3 Å². The predicted octanol–water partition coefficient (Wildman–Crippen LogP) is 1.97. The molecule has 2 heteroatoms. The summed E-state index contributed by atoms with van der Waals surface area (Å²) in [7, 11) is 0. The van der Waals surface area contributed by atoms with Gasteiger partial charge in [0.05, 0.1) is 0 Å². The first-order chi connectivity index (χ1) is 5.58. The highest BCUT2D eigenvalue weighted by atomic mass is 14.9. The average Bonchev–Trinajstić information content (AvgIpc) is 2.02. The van der Waals surface area contributed by atoms with Crippen molar-refractivity contribution in [3.63, 3.8) is 0 Å². The van der Waals surface area contributed by atoms with Gasteiger partial charge in [-0.2, -0.15) is 0 Å². The summed E-state index contributed by atoms with van der Waals surface area (Å²) < 4.78 is 0. The van der Waals surface area contributed by atoms with Crippen LogP contribution < -0.4 is 5.32 Å². The quantitative estimate of drug-likeness (QED) is 0.723. The highest BCUT2D eigenvalue weighted by Crippen LogP contribution is 2.02. The van der Waals surface area contributed by atoms with Crippen LogP contribution in [0, 0.1) is 0 Å². The van der Waals surface area contributed by atoms with Gasteiger partial charge in [-0.25, -0.2) is 0 Å². The molecule has 1 heterocycles. The highest BCUT2D eigenvalue weighted by molar-refractivity contribution is 5.08. The number of hydrogen-bond donors (Lipinski definition) is 1. The molecule has 1 N–H and O–H groups in total. The molecule has 0 fully saturated rings. The zero-order chi connectivity index (χ0) is 9.03. The number of nitrogens with zero attached hydrogens (tertiary/aromatic N) is 1. The molecule has 1 rings (SSSR count). The lowest BCUT2D eigenvalue weighted by atomic mass is 10.1. The van der Waals surface area contributed by atoms with E-state index in [4.69, 9.17) is 0 Å². The van der Waals surface area contributed by atoms with Gasteiger partial charge in [0, 0.05) is 24.5 Å². The van der Waals surface area contributed by atoms with E-state index in [-0.39, 0.29) is 5.54 Å². The minimum absolute atomic E-state index is 0.176. The van der Waals surface area contributed by atoms with Crippen LogP contribution in [0.25, 0.3) is 0 Å². The van der Waals surface area contributed by atoms with Crippen molar-refractivity contribution in [3.05, 3.63) is 30.1 Å². The van der Waals surface area contributed by atoms with Crippen molar-refractivity contribution in [2.45, 2.75) is 32.9 Å². The maximum Gasteiger partial charge on any atom is 0.0312 e. The summed E-state index contributed by atoms with van der Waals surface area (Å²) in [5.74, 6) is 0. The third kappa shape index (κ3) is 3.49. The van der Waals surface area contributed by atoms with Crippen LogP contribution in [-0.2, 0) is 6.54 Å². The van der Waals surface area contributed by atoms with Crippen molar-refractivity contribution >= 4 is 0 Å². The fourth-order valence-corrected chi connectivity index (χ4v) is 0.870. The summed E-state index contributed by atoms with van der Waals surface area (Å²) in [5, 5.41) is 3.40. The van der Waals surface area contributed by atoms with Gasteiger partial charge in [0.25, 0.3) is 0 Å². The topological polar surface area (TPSA) is 24.9 Å². The van der Waals surface area contributed by atoms with Gasteiger partial charge >= 0.3 is 0 Å². The maximum absolute atomic E-state index is 4.05. The van der Waals surface area contributed by atoms with Crippen LogP contribution in [0.2, 0.25) is 0 Å². The first kappa shape index (κ1) is 9.20. The van der Waals surface area contributed by atoms with Gasteiger partial charge in [0.2, 0.25) is 0 Å². The van der Waals surface area contributed by atoms with E-state index in [0.717, 1.165) is 6.54 Å². The van der Waals surface area contributed by atoms with Crippen LogP contribution in [0.1, 0.15) is 26.3 Å². The van der Waals surface area contributed by atoms with E-state index in [0.29, 0.717) is 0 Å². The summed E-state index contributed by atoms with van der Waals surface area (Å²) in [4.78, 5) is 4.05. The molecule has 0 aliphatic carbocycles. The molecule has 0 aliphatic rings. The van der Waals surface area contributed by atoms with Crippen molar-refractivity contribution in [1.29, 1.82) is 0 Å². The second-order valence-corrected chi connectivity index (χ2v) is 3.96. The molecule has 1 aromatic heterocycles. The van der Waals surface area contributed by atoms with E-state index in [1.165, 1.54) is 5.56 Å². The minimum atomic E-state index is 0.176. The molecule has 66 valence electrons. The second kappa shape index (κ2) is 3.68. The van der Waals surface area contributed by atoms with Crippen molar-refractivity contribution in [3.8, 4) is 0 Å². The van der Waals surface area contributed by atoms with Gasteiger partial charge in [0.1, 0.15) is 0 Å². The number of aromatic nitrogens is 1. The van der Waals surface area contributed by atoms with Gasteiger partial charge in [-0.3, -0.25) is 4.98 Å². The van der Waals surface area contributed by atoms with Gasteiger partial charge in [0.15, 0.2) is 0 Å². The van der Waals surface area contributed by atoms with Crippen molar-refractivity contribution in [2.24, 2.45) is 0 Å². The Bertz CT molecular complexity index is 223. The molecule has 0 radical (unpaired) electrons. The summed E-state index contributed by atoms with van der Waals surface area (Å²) in [5.41, 5.74) is 1.41. The fourth-order valence-electron chi connectivity index (χ4n) is 0.870. The molecule has 0 unspecified atom stereocenters. The van der Waals surface area contributed by atoms with Crippen LogP contribution in [-0.4, -0.2) is 10.5 Å². The molecule has 0 aliphatic heterocycles. The lowest BCUT2D eigenvalue weighted by molar-refractivity contribution is 0.424. The molecule has 0 aromatic carbocycles. The van der Waals surface area contributed by atoms with Crippen LogP contribution >= 0.6 is 0 Å². The van der Waals surface area contributed by atoms with E-state index >= 15 is 0 Å². The Morgan fingerprint density at radius 3 is 2.67 bits per heavy atom. The van der Waals surface area contributed by atoms with Crippen LogP contribution in [0.15, 0.2) is 24.5 Å². The van der Waals surface area contributed by atoms with E-state index < -0.39 is 0 Å². The molecule has 2 nitrogen and oxygen atoms in total. The Labute approximate surface area is 74.0 Å². The Morgan fingerprint density at radius 1 is 1.42 bits per heavy atom. The smallest absolute Gasteiger partial charge is 0.0312 e. The van der Waals surface area contributed by atoms with Crippen molar-refractivity contribution < 1.29 is 0 Å². The first-order valence-electron chi connectivity index (χ1n) is 4.22. The molecule has 0 atom stereocenters. The van der Waals surface area contributed by atoms with Gasteiger partial charge < -0.3 is 5.32 Å². The molecule has 0 bridgehead atoms. The van der Waals surface area contributed by atoms with Crippen LogP contribution in [0.4, 0.5) is 0 Å². The lowest BCUT2D eigenvalue weighted by Gasteiger charge is -2.20. The van der Waals surface area contributed by atoms with Gasteiger partial charge in [-0.05, 0) is 32.4 Å². The number of nitrogens with one attached hydrogen (secondary N) is 1. The Morgan fingerprint density at radius 2 is 2.17 bits per heavy atom. The van der Waals surface area contributed by atoms with E-state index in [1.54, 1.807) is 6.20 Å². The lowest BCUT2D eigenvalue weighted by Crippen LogP contribution is -2.35. The normalized spacial score (nSPS) is 11.6. The van der Waals surface area contributed by atoms with E-state index in [2.05, 4.69) is 37.1 Å². The molecule has 0 saturated heterocycles.